The van der Waals surface area contributed by atoms with Gasteiger partial charge in [0.15, 0.2) is 25.4 Å². The molecule has 10 heteroatoms. The number of aliphatic hydroxyl groups is 4. The Hall–Kier alpha value is 0.327. The second kappa shape index (κ2) is 7.60. The molecule has 0 aromatic carbocycles. The molecule has 0 spiro atoms. The van der Waals surface area contributed by atoms with E-state index in [1.807, 2.05) is 0 Å². The predicted molar refractivity (Wildman–Crippen MR) is 49.9 cm³/mol. The van der Waals surface area contributed by atoms with Crippen molar-refractivity contribution in [2.24, 2.45) is 0 Å². The van der Waals surface area contributed by atoms with Crippen LogP contribution in [0.4, 0.5) is 0 Å². The molecule has 14 heavy (non-hydrogen) atoms. The Bertz CT molecular complexity index is 110. The molecule has 0 fully saturated rings. The minimum atomic E-state index is -4.61. The molecule has 0 amide bonds. The summed E-state index contributed by atoms with van der Waals surface area (Å²) < 4.78 is 0. The van der Waals surface area contributed by atoms with Crippen molar-refractivity contribution in [3.63, 3.8) is 0 Å². The number of rotatable bonds is 4. The number of hydrogen-bond acceptors (Lipinski definition) is 8. The summed E-state index contributed by atoms with van der Waals surface area (Å²) in [6, 6.07) is 0. The molecule has 88 valence electrons. The van der Waals surface area contributed by atoms with Crippen LogP contribution in [0.1, 0.15) is 0 Å². The van der Waals surface area contributed by atoms with Crippen molar-refractivity contribution in [1.29, 1.82) is 0 Å². The highest BCUT2D eigenvalue weighted by atomic mass is 31.2. The molecule has 0 unspecified atom stereocenters. The lowest BCUT2D eigenvalue weighted by molar-refractivity contribution is 0.117. The summed E-state index contributed by atoms with van der Waals surface area (Å²) in [6.45, 7) is 0. The van der Waals surface area contributed by atoms with Gasteiger partial charge in [0.25, 0.3) is 0 Å². The fraction of sp³-hybridized carbons (Fsp3) is 1.00. The first-order chi connectivity index (χ1) is 6.24. The Morgan fingerprint density at radius 1 is 0.643 bits per heavy atom. The van der Waals surface area contributed by atoms with E-state index in [0.29, 0.717) is 0 Å². The van der Waals surface area contributed by atoms with Crippen molar-refractivity contribution in [3.05, 3.63) is 0 Å². The maximum atomic E-state index is 8.55. The van der Waals surface area contributed by atoms with Gasteiger partial charge in [0.2, 0.25) is 0 Å². The van der Waals surface area contributed by atoms with Gasteiger partial charge in [-0.1, -0.05) is 0 Å². The number of aliphatic hydroxyl groups excluding tert-OH is 4. The van der Waals surface area contributed by atoms with E-state index in [1.54, 1.807) is 0 Å². The predicted octanol–water partition coefficient (Wildman–Crippen LogP) is -3.81. The van der Waals surface area contributed by atoms with Crippen LogP contribution in [0.25, 0.3) is 0 Å². The fourth-order valence-electron chi connectivity index (χ4n) is 0.268. The Labute approximate surface area is 82.2 Å². The highest BCUT2D eigenvalue weighted by Crippen LogP contribution is 2.54. The molecular formula is C4H16O8PSi+. The highest BCUT2D eigenvalue weighted by Gasteiger charge is 2.34. The van der Waals surface area contributed by atoms with Crippen LogP contribution in [0.15, 0.2) is 0 Å². The third-order valence-corrected chi connectivity index (χ3v) is 3.60. The van der Waals surface area contributed by atoms with E-state index in [9.17, 15) is 0 Å². The first kappa shape index (κ1) is 16.7. The van der Waals surface area contributed by atoms with E-state index in [1.165, 1.54) is 0 Å². The van der Waals surface area contributed by atoms with Crippen LogP contribution in [0.5, 0.6) is 0 Å². The summed E-state index contributed by atoms with van der Waals surface area (Å²) in [5.74, 6) is 0. The third-order valence-electron chi connectivity index (χ3n) is 1.20. The maximum Gasteiger partial charge on any atom is 0.668 e. The van der Waals surface area contributed by atoms with Crippen LogP contribution in [0, 0.1) is 0 Å². The van der Waals surface area contributed by atoms with E-state index in [-0.39, 0.29) is 25.4 Å². The molecule has 0 saturated heterocycles. The molecule has 0 aromatic heterocycles. The fourth-order valence-corrected chi connectivity index (χ4v) is 0.805. The Balaban J connectivity index is 0. The van der Waals surface area contributed by atoms with E-state index < -0.39 is 16.3 Å². The van der Waals surface area contributed by atoms with Gasteiger partial charge in [-0.2, -0.15) is 0 Å². The first-order valence-corrected chi connectivity index (χ1v) is 7.74. The summed E-state index contributed by atoms with van der Waals surface area (Å²) in [5.41, 5.74) is 0. The van der Waals surface area contributed by atoms with E-state index >= 15 is 0 Å². The molecule has 0 aromatic rings. The molecule has 8 N–H and O–H groups in total. The van der Waals surface area contributed by atoms with Crippen molar-refractivity contribution in [2.75, 3.05) is 25.4 Å². The summed E-state index contributed by atoms with van der Waals surface area (Å²) in [6.07, 6.45) is -1.18. The van der Waals surface area contributed by atoms with Crippen LogP contribution in [0.3, 0.4) is 0 Å². The lowest BCUT2D eigenvalue weighted by Crippen LogP contribution is -2.33. The smallest absolute Gasteiger partial charge is 0.368 e. The van der Waals surface area contributed by atoms with Gasteiger partial charge in [-0.3, -0.25) is 0 Å². The SMILES string of the molecule is OC[P+](CO)(CO)CO.O[Si](O)(O)O. The summed E-state index contributed by atoms with van der Waals surface area (Å²) >= 11 is 0. The van der Waals surface area contributed by atoms with Crippen LogP contribution >= 0.6 is 7.26 Å². The van der Waals surface area contributed by atoms with Gasteiger partial charge in [0.05, 0.1) is 0 Å². The average molecular weight is 251 g/mol. The normalized spacial score (nSPS) is 12.0. The van der Waals surface area contributed by atoms with E-state index in [4.69, 9.17) is 39.6 Å². The first-order valence-electron chi connectivity index (χ1n) is 3.42. The van der Waals surface area contributed by atoms with Crippen molar-refractivity contribution >= 4 is 16.3 Å². The Kier molecular flexibility index (Phi) is 9.09. The molecule has 0 bridgehead atoms. The van der Waals surface area contributed by atoms with Crippen molar-refractivity contribution in [2.45, 2.75) is 0 Å². The van der Waals surface area contributed by atoms with E-state index in [2.05, 4.69) is 0 Å². The third kappa shape index (κ3) is 10.4. The van der Waals surface area contributed by atoms with Crippen molar-refractivity contribution < 1.29 is 39.6 Å². The lowest BCUT2D eigenvalue weighted by atomic mass is 11.6. The zero-order valence-corrected chi connectivity index (χ0v) is 9.25. The summed E-state index contributed by atoms with van der Waals surface area (Å²) in [7, 11) is -6.81. The lowest BCUT2D eigenvalue weighted by Gasteiger charge is -2.15. The number of hydrogen-bond donors (Lipinski definition) is 8. The Morgan fingerprint density at radius 2 is 0.786 bits per heavy atom. The van der Waals surface area contributed by atoms with Gasteiger partial charge in [-0.15, -0.1) is 0 Å². The van der Waals surface area contributed by atoms with Gasteiger partial charge < -0.3 is 39.6 Å². The Morgan fingerprint density at radius 3 is 0.786 bits per heavy atom. The topological polar surface area (TPSA) is 162 Å². The van der Waals surface area contributed by atoms with Gasteiger partial charge in [0.1, 0.15) is 7.26 Å². The maximum absolute atomic E-state index is 8.55. The second-order valence-corrected chi connectivity index (χ2v) is 7.52. The molecule has 0 aliphatic rings. The van der Waals surface area contributed by atoms with E-state index in [0.717, 1.165) is 0 Å². The molecule has 0 aliphatic carbocycles. The molecule has 0 radical (unpaired) electrons. The molecule has 0 aliphatic heterocycles. The van der Waals surface area contributed by atoms with Gasteiger partial charge in [-0.05, 0) is 0 Å². The summed E-state index contributed by atoms with van der Waals surface area (Å²) in [4.78, 5) is 29.3. The zero-order chi connectivity index (χ0) is 11.8. The standard InChI is InChI=1S/C4H12O4P.H4O4Si/c5-1-9(2-6,3-7)4-8;1-5(2,3)4/h5-8H,1-4H2;1-4H/q+1;. The highest BCUT2D eigenvalue weighted by molar-refractivity contribution is 7.75. The molecule has 0 saturated carbocycles. The minimum Gasteiger partial charge on any atom is -0.368 e. The van der Waals surface area contributed by atoms with Gasteiger partial charge in [0, 0.05) is 0 Å². The van der Waals surface area contributed by atoms with Crippen LogP contribution < -0.4 is 0 Å². The molecule has 0 rings (SSSR count). The van der Waals surface area contributed by atoms with Crippen molar-refractivity contribution in [3.8, 4) is 0 Å². The van der Waals surface area contributed by atoms with Gasteiger partial charge >= 0.3 is 9.05 Å². The van der Waals surface area contributed by atoms with Crippen molar-refractivity contribution in [1.82, 2.24) is 0 Å². The van der Waals surface area contributed by atoms with Crippen LogP contribution in [-0.4, -0.2) is 74.0 Å². The second-order valence-electron chi connectivity index (χ2n) is 2.51. The quantitative estimate of drug-likeness (QED) is 0.186. The molecule has 8 nitrogen and oxygen atoms in total. The largest absolute Gasteiger partial charge is 0.668 e. The molecule has 0 heterocycles. The van der Waals surface area contributed by atoms with Crippen LogP contribution in [-0.2, 0) is 0 Å². The molecular weight excluding hydrogens is 235 g/mol. The van der Waals surface area contributed by atoms with Gasteiger partial charge in [-0.25, -0.2) is 0 Å². The summed E-state index contributed by atoms with van der Waals surface area (Å²) in [5, 5.41) is 34.2. The zero-order valence-electron chi connectivity index (χ0n) is 7.35. The monoisotopic (exact) mass is 251 g/mol. The molecule has 0 atom stereocenters. The average Bonchev–Trinajstić information content (AvgIpc) is 2.07. The minimum absolute atomic E-state index is 0.295. The van der Waals surface area contributed by atoms with Crippen LogP contribution in [0.2, 0.25) is 0 Å².